The molecule has 5 heteroatoms. The van der Waals surface area contributed by atoms with Crippen molar-refractivity contribution in [1.29, 1.82) is 0 Å². The standard InChI is InChI=1S/C13H17BrN4/c1-2-15-4-3-13-9-18(10-17-13)8-11-5-12(14)7-16-6-11/h5-7,9-10,15H,2-4,8H2,1H3. The summed E-state index contributed by atoms with van der Waals surface area (Å²) in [5.74, 6) is 0. The molecular weight excluding hydrogens is 292 g/mol. The predicted octanol–water partition coefficient (Wildman–Crippen LogP) is 2.24. The Hall–Kier alpha value is -1.20. The quantitative estimate of drug-likeness (QED) is 0.832. The minimum atomic E-state index is 0.806. The van der Waals surface area contributed by atoms with Gasteiger partial charge in [-0.2, -0.15) is 0 Å². The second-order valence-corrected chi connectivity index (χ2v) is 5.07. The summed E-state index contributed by atoms with van der Waals surface area (Å²) in [4.78, 5) is 8.55. The van der Waals surface area contributed by atoms with Gasteiger partial charge in [-0.3, -0.25) is 4.98 Å². The molecule has 2 aromatic heterocycles. The molecule has 0 aliphatic heterocycles. The molecule has 0 saturated heterocycles. The number of aromatic nitrogens is 3. The van der Waals surface area contributed by atoms with Gasteiger partial charge < -0.3 is 9.88 Å². The van der Waals surface area contributed by atoms with E-state index in [1.54, 1.807) is 6.20 Å². The van der Waals surface area contributed by atoms with Crippen molar-refractivity contribution >= 4 is 15.9 Å². The molecule has 0 aliphatic rings. The van der Waals surface area contributed by atoms with Gasteiger partial charge in [-0.05, 0) is 34.1 Å². The van der Waals surface area contributed by atoms with E-state index in [0.717, 1.165) is 36.2 Å². The Kier molecular flexibility index (Phi) is 4.90. The second kappa shape index (κ2) is 6.66. The zero-order valence-electron chi connectivity index (χ0n) is 10.4. The SMILES string of the molecule is CCNCCc1cn(Cc2cncc(Br)c2)cn1. The highest BCUT2D eigenvalue weighted by Gasteiger charge is 2.00. The summed E-state index contributed by atoms with van der Waals surface area (Å²) in [7, 11) is 0. The maximum Gasteiger partial charge on any atom is 0.0952 e. The summed E-state index contributed by atoms with van der Waals surface area (Å²) in [6, 6.07) is 2.07. The van der Waals surface area contributed by atoms with E-state index in [-0.39, 0.29) is 0 Å². The van der Waals surface area contributed by atoms with Crippen LogP contribution >= 0.6 is 15.9 Å². The highest BCUT2D eigenvalue weighted by Crippen LogP contribution is 2.11. The van der Waals surface area contributed by atoms with Crippen molar-refractivity contribution in [1.82, 2.24) is 19.9 Å². The van der Waals surface area contributed by atoms with Gasteiger partial charge in [-0.25, -0.2) is 4.98 Å². The molecule has 4 nitrogen and oxygen atoms in total. The summed E-state index contributed by atoms with van der Waals surface area (Å²) in [5, 5.41) is 3.30. The Labute approximate surface area is 116 Å². The first-order valence-electron chi connectivity index (χ1n) is 6.08. The van der Waals surface area contributed by atoms with Gasteiger partial charge in [0.2, 0.25) is 0 Å². The average molecular weight is 309 g/mol. The Morgan fingerprint density at radius 2 is 2.28 bits per heavy atom. The summed E-state index contributed by atoms with van der Waals surface area (Å²) < 4.78 is 3.09. The van der Waals surface area contributed by atoms with Gasteiger partial charge in [-0.15, -0.1) is 0 Å². The van der Waals surface area contributed by atoms with Crippen molar-refractivity contribution in [3.8, 4) is 0 Å². The van der Waals surface area contributed by atoms with Crippen LogP contribution in [0.3, 0.4) is 0 Å². The fraction of sp³-hybridized carbons (Fsp3) is 0.385. The van der Waals surface area contributed by atoms with Crippen LogP contribution in [-0.4, -0.2) is 27.6 Å². The lowest BCUT2D eigenvalue weighted by Gasteiger charge is -2.02. The Balaban J connectivity index is 1.94. The fourth-order valence-corrected chi connectivity index (χ4v) is 2.18. The van der Waals surface area contributed by atoms with Gasteiger partial charge in [0.15, 0.2) is 0 Å². The summed E-state index contributed by atoms with van der Waals surface area (Å²) >= 11 is 3.43. The number of hydrogen-bond donors (Lipinski definition) is 1. The molecule has 0 amide bonds. The van der Waals surface area contributed by atoms with Crippen LogP contribution in [0.2, 0.25) is 0 Å². The first kappa shape index (κ1) is 13.2. The Morgan fingerprint density at radius 1 is 1.39 bits per heavy atom. The van der Waals surface area contributed by atoms with Crippen molar-refractivity contribution in [3.05, 3.63) is 46.7 Å². The van der Waals surface area contributed by atoms with Crippen molar-refractivity contribution in [2.75, 3.05) is 13.1 Å². The van der Waals surface area contributed by atoms with Crippen molar-refractivity contribution < 1.29 is 0 Å². The minimum Gasteiger partial charge on any atom is -0.333 e. The normalized spacial score (nSPS) is 10.8. The maximum atomic E-state index is 4.40. The van der Waals surface area contributed by atoms with Gasteiger partial charge in [0.1, 0.15) is 0 Å². The van der Waals surface area contributed by atoms with E-state index in [2.05, 4.69) is 55.0 Å². The number of rotatable bonds is 6. The molecule has 0 aliphatic carbocycles. The predicted molar refractivity (Wildman–Crippen MR) is 75.5 cm³/mol. The molecule has 0 aromatic carbocycles. The Bertz CT molecular complexity index is 495. The van der Waals surface area contributed by atoms with Crippen LogP contribution in [0.15, 0.2) is 35.5 Å². The van der Waals surface area contributed by atoms with Crippen molar-refractivity contribution in [3.63, 3.8) is 0 Å². The summed E-state index contributed by atoms with van der Waals surface area (Å²) in [5.41, 5.74) is 2.29. The fourth-order valence-electron chi connectivity index (χ4n) is 1.77. The number of nitrogens with one attached hydrogen (secondary N) is 1. The zero-order chi connectivity index (χ0) is 12.8. The van der Waals surface area contributed by atoms with Crippen LogP contribution in [0.25, 0.3) is 0 Å². The number of hydrogen-bond acceptors (Lipinski definition) is 3. The van der Waals surface area contributed by atoms with Crippen LogP contribution < -0.4 is 5.32 Å². The van der Waals surface area contributed by atoms with E-state index in [4.69, 9.17) is 0 Å². The van der Waals surface area contributed by atoms with E-state index >= 15 is 0 Å². The van der Waals surface area contributed by atoms with Crippen LogP contribution in [0.4, 0.5) is 0 Å². The third-order valence-electron chi connectivity index (χ3n) is 2.62. The molecular formula is C13H17BrN4. The first-order chi connectivity index (χ1) is 8.78. The molecule has 2 heterocycles. The Morgan fingerprint density at radius 3 is 3.06 bits per heavy atom. The maximum absolute atomic E-state index is 4.40. The van der Waals surface area contributed by atoms with Gasteiger partial charge in [0.05, 0.1) is 18.6 Å². The molecule has 18 heavy (non-hydrogen) atoms. The number of imidazole rings is 1. The molecule has 0 atom stereocenters. The van der Waals surface area contributed by atoms with Crippen molar-refractivity contribution in [2.24, 2.45) is 0 Å². The molecule has 0 unspecified atom stereocenters. The van der Waals surface area contributed by atoms with E-state index in [1.165, 1.54) is 5.56 Å². The van der Waals surface area contributed by atoms with Crippen LogP contribution in [0, 0.1) is 0 Å². The molecule has 96 valence electrons. The highest BCUT2D eigenvalue weighted by molar-refractivity contribution is 9.10. The molecule has 0 radical (unpaired) electrons. The summed E-state index contributed by atoms with van der Waals surface area (Å²) in [6.45, 7) is 4.90. The minimum absolute atomic E-state index is 0.806. The third kappa shape index (κ3) is 3.92. The lowest BCUT2D eigenvalue weighted by atomic mass is 10.3. The van der Waals surface area contributed by atoms with E-state index in [9.17, 15) is 0 Å². The average Bonchev–Trinajstić information content (AvgIpc) is 2.77. The van der Waals surface area contributed by atoms with Crippen LogP contribution in [0.5, 0.6) is 0 Å². The smallest absolute Gasteiger partial charge is 0.0952 e. The highest BCUT2D eigenvalue weighted by atomic mass is 79.9. The largest absolute Gasteiger partial charge is 0.333 e. The van der Waals surface area contributed by atoms with E-state index in [0.29, 0.717) is 0 Å². The molecule has 2 aromatic rings. The molecule has 0 bridgehead atoms. The first-order valence-corrected chi connectivity index (χ1v) is 6.88. The van der Waals surface area contributed by atoms with Crippen LogP contribution in [0.1, 0.15) is 18.2 Å². The number of likely N-dealkylation sites (N-methyl/N-ethyl adjacent to an activating group) is 1. The van der Waals surface area contributed by atoms with Gasteiger partial charge in [0, 0.05) is 36.0 Å². The second-order valence-electron chi connectivity index (χ2n) is 4.15. The monoisotopic (exact) mass is 308 g/mol. The van der Waals surface area contributed by atoms with E-state index in [1.807, 2.05) is 12.5 Å². The number of pyridine rings is 1. The molecule has 1 N–H and O–H groups in total. The third-order valence-corrected chi connectivity index (χ3v) is 3.05. The number of halogens is 1. The molecule has 0 fully saturated rings. The zero-order valence-corrected chi connectivity index (χ0v) is 12.0. The molecule has 0 spiro atoms. The lowest BCUT2D eigenvalue weighted by molar-refractivity contribution is 0.708. The van der Waals surface area contributed by atoms with Crippen LogP contribution in [-0.2, 0) is 13.0 Å². The topological polar surface area (TPSA) is 42.7 Å². The lowest BCUT2D eigenvalue weighted by Crippen LogP contribution is -2.16. The summed E-state index contributed by atoms with van der Waals surface area (Å²) in [6.07, 6.45) is 8.61. The van der Waals surface area contributed by atoms with Crippen molar-refractivity contribution in [2.45, 2.75) is 19.9 Å². The van der Waals surface area contributed by atoms with Gasteiger partial charge in [0.25, 0.3) is 0 Å². The van der Waals surface area contributed by atoms with Gasteiger partial charge >= 0.3 is 0 Å². The van der Waals surface area contributed by atoms with E-state index < -0.39 is 0 Å². The number of nitrogens with zero attached hydrogens (tertiary/aromatic N) is 3. The molecule has 2 rings (SSSR count). The molecule has 0 saturated carbocycles. The van der Waals surface area contributed by atoms with Gasteiger partial charge in [-0.1, -0.05) is 6.92 Å².